The summed E-state index contributed by atoms with van der Waals surface area (Å²) in [5, 5.41) is 0. The van der Waals surface area contributed by atoms with Gasteiger partial charge >= 0.3 is 0 Å². The van der Waals surface area contributed by atoms with Gasteiger partial charge in [-0.3, -0.25) is 4.79 Å². The number of carbonyl (C=O) groups excluding carboxylic acids is 1. The average Bonchev–Trinajstić information content (AvgIpc) is 2.14. The van der Waals surface area contributed by atoms with Gasteiger partial charge < -0.3 is 0 Å². The Morgan fingerprint density at radius 2 is 2.00 bits per heavy atom. The predicted octanol–water partition coefficient (Wildman–Crippen LogP) is 3.06. The van der Waals surface area contributed by atoms with Crippen LogP contribution in [0.25, 0.3) is 6.08 Å². The van der Waals surface area contributed by atoms with Gasteiger partial charge in [0.2, 0.25) is 0 Å². The first-order valence-electron chi connectivity index (χ1n) is 4.05. The lowest BCUT2D eigenvalue weighted by molar-refractivity contribution is 0.112. The van der Waals surface area contributed by atoms with Crippen LogP contribution in [0.4, 0.5) is 0 Å². The van der Waals surface area contributed by atoms with Gasteiger partial charge in [-0.15, -0.1) is 11.6 Å². The zero-order valence-electron chi connectivity index (χ0n) is 7.46. The average molecular weight is 195 g/mol. The van der Waals surface area contributed by atoms with Crippen LogP contribution in [-0.4, -0.2) is 12.2 Å². The van der Waals surface area contributed by atoms with Crippen molar-refractivity contribution in [2.45, 2.75) is 6.92 Å². The van der Waals surface area contributed by atoms with E-state index in [-0.39, 0.29) is 0 Å². The lowest BCUT2D eigenvalue weighted by Crippen LogP contribution is -1.84. The Morgan fingerprint density at radius 3 is 2.62 bits per heavy atom. The van der Waals surface area contributed by atoms with Crippen LogP contribution in [-0.2, 0) is 0 Å². The largest absolute Gasteiger partial charge is 0.298 e. The van der Waals surface area contributed by atoms with Crippen LogP contribution in [0.15, 0.2) is 24.3 Å². The lowest BCUT2D eigenvalue weighted by atomic mass is 10.1. The number of halogens is 1. The van der Waals surface area contributed by atoms with Crippen LogP contribution in [0.1, 0.15) is 21.5 Å². The monoisotopic (exact) mass is 194 g/mol. The van der Waals surface area contributed by atoms with E-state index in [4.69, 9.17) is 11.6 Å². The standard InChI is InChI=1S/C11H11ClO/c1-9-5-10(3-2-4-12)7-11(6-9)8-13/h2-3,5-8H,4H2,1H3. The SMILES string of the molecule is Cc1cc(C=O)cc(C=CCCl)c1. The van der Waals surface area contributed by atoms with E-state index in [1.165, 1.54) is 0 Å². The van der Waals surface area contributed by atoms with E-state index in [0.29, 0.717) is 11.4 Å². The minimum Gasteiger partial charge on any atom is -0.298 e. The zero-order chi connectivity index (χ0) is 9.68. The summed E-state index contributed by atoms with van der Waals surface area (Å²) >= 11 is 5.51. The summed E-state index contributed by atoms with van der Waals surface area (Å²) in [6.45, 7) is 1.96. The van der Waals surface area contributed by atoms with Gasteiger partial charge in [0.05, 0.1) is 0 Å². The van der Waals surface area contributed by atoms with Gasteiger partial charge in [0, 0.05) is 11.4 Å². The third-order valence-corrected chi connectivity index (χ3v) is 1.84. The highest BCUT2D eigenvalue weighted by molar-refractivity contribution is 6.19. The molecule has 13 heavy (non-hydrogen) atoms. The number of carbonyl (C=O) groups is 1. The molecule has 2 heteroatoms. The molecule has 0 heterocycles. The number of benzene rings is 1. The highest BCUT2D eigenvalue weighted by Gasteiger charge is 1.94. The van der Waals surface area contributed by atoms with Crippen molar-refractivity contribution in [3.8, 4) is 0 Å². The third kappa shape index (κ3) is 3.03. The molecular weight excluding hydrogens is 184 g/mol. The fourth-order valence-electron chi connectivity index (χ4n) is 1.19. The van der Waals surface area contributed by atoms with E-state index in [2.05, 4.69) is 0 Å². The molecule has 0 aromatic heterocycles. The molecule has 0 fully saturated rings. The van der Waals surface area contributed by atoms with Crippen molar-refractivity contribution in [1.82, 2.24) is 0 Å². The summed E-state index contributed by atoms with van der Waals surface area (Å²) in [6, 6.07) is 5.70. The molecule has 0 atom stereocenters. The first-order valence-corrected chi connectivity index (χ1v) is 4.59. The van der Waals surface area contributed by atoms with Crippen molar-refractivity contribution in [2.24, 2.45) is 0 Å². The van der Waals surface area contributed by atoms with Crippen molar-refractivity contribution in [3.63, 3.8) is 0 Å². The number of aryl methyl sites for hydroxylation is 1. The van der Waals surface area contributed by atoms with E-state index >= 15 is 0 Å². The minimum absolute atomic E-state index is 0.490. The molecule has 0 aliphatic heterocycles. The Morgan fingerprint density at radius 1 is 1.31 bits per heavy atom. The van der Waals surface area contributed by atoms with Gasteiger partial charge in [-0.2, -0.15) is 0 Å². The summed E-state index contributed by atoms with van der Waals surface area (Å²) < 4.78 is 0. The molecule has 0 amide bonds. The Labute approximate surface area is 83.0 Å². The van der Waals surface area contributed by atoms with Gasteiger partial charge in [0.1, 0.15) is 6.29 Å². The smallest absolute Gasteiger partial charge is 0.150 e. The number of rotatable bonds is 3. The second kappa shape index (κ2) is 4.83. The Kier molecular flexibility index (Phi) is 3.71. The maximum absolute atomic E-state index is 10.5. The molecule has 0 aliphatic rings. The van der Waals surface area contributed by atoms with Crippen LogP contribution in [0, 0.1) is 6.92 Å². The van der Waals surface area contributed by atoms with Crippen LogP contribution < -0.4 is 0 Å². The van der Waals surface area contributed by atoms with E-state index < -0.39 is 0 Å². The normalized spacial score (nSPS) is 10.6. The molecule has 1 aromatic rings. The van der Waals surface area contributed by atoms with Gasteiger partial charge in [0.25, 0.3) is 0 Å². The molecule has 1 aromatic carbocycles. The molecule has 68 valence electrons. The Hall–Kier alpha value is -1.08. The Bertz CT molecular complexity index is 329. The molecule has 0 spiro atoms. The zero-order valence-corrected chi connectivity index (χ0v) is 8.21. The van der Waals surface area contributed by atoms with Crippen molar-refractivity contribution in [2.75, 3.05) is 5.88 Å². The number of hydrogen-bond acceptors (Lipinski definition) is 1. The number of aldehydes is 1. The summed E-state index contributed by atoms with van der Waals surface area (Å²) in [4.78, 5) is 10.5. The first-order chi connectivity index (χ1) is 6.26. The fourth-order valence-corrected chi connectivity index (χ4v) is 1.28. The van der Waals surface area contributed by atoms with Gasteiger partial charge in [-0.1, -0.05) is 18.2 Å². The van der Waals surface area contributed by atoms with E-state index in [0.717, 1.165) is 17.4 Å². The summed E-state index contributed by atoms with van der Waals surface area (Å²) in [7, 11) is 0. The third-order valence-electron chi connectivity index (χ3n) is 1.66. The van der Waals surface area contributed by atoms with Crippen LogP contribution in [0.3, 0.4) is 0 Å². The quantitative estimate of drug-likeness (QED) is 0.534. The fraction of sp³-hybridized carbons (Fsp3) is 0.182. The second-order valence-corrected chi connectivity index (χ2v) is 3.16. The molecule has 0 N–H and O–H groups in total. The molecule has 0 bridgehead atoms. The van der Waals surface area contributed by atoms with Crippen LogP contribution in [0.5, 0.6) is 0 Å². The molecule has 0 unspecified atom stereocenters. The molecule has 0 saturated carbocycles. The van der Waals surface area contributed by atoms with Crippen LogP contribution >= 0.6 is 11.6 Å². The maximum Gasteiger partial charge on any atom is 0.150 e. The van der Waals surface area contributed by atoms with Gasteiger partial charge in [0.15, 0.2) is 0 Å². The van der Waals surface area contributed by atoms with E-state index in [1.54, 1.807) is 0 Å². The van der Waals surface area contributed by atoms with Gasteiger partial charge in [-0.05, 0) is 30.2 Å². The first kappa shape index (κ1) is 10.0. The molecule has 1 nitrogen and oxygen atoms in total. The minimum atomic E-state index is 0.490. The molecule has 0 saturated heterocycles. The lowest BCUT2D eigenvalue weighted by Gasteiger charge is -1.98. The van der Waals surface area contributed by atoms with Crippen molar-refractivity contribution < 1.29 is 4.79 Å². The van der Waals surface area contributed by atoms with Crippen LogP contribution in [0.2, 0.25) is 0 Å². The molecule has 0 aliphatic carbocycles. The van der Waals surface area contributed by atoms with Crippen molar-refractivity contribution in [1.29, 1.82) is 0 Å². The molecular formula is C11H11ClO. The van der Waals surface area contributed by atoms with Crippen molar-refractivity contribution >= 4 is 24.0 Å². The van der Waals surface area contributed by atoms with E-state index in [1.807, 2.05) is 37.3 Å². The number of hydrogen-bond donors (Lipinski definition) is 0. The summed E-state index contributed by atoms with van der Waals surface area (Å²) in [5.41, 5.74) is 2.80. The topological polar surface area (TPSA) is 17.1 Å². The van der Waals surface area contributed by atoms with E-state index in [9.17, 15) is 4.79 Å². The predicted molar refractivity (Wildman–Crippen MR) is 56.3 cm³/mol. The second-order valence-electron chi connectivity index (χ2n) is 2.85. The van der Waals surface area contributed by atoms with Crippen molar-refractivity contribution in [3.05, 3.63) is 41.0 Å². The highest BCUT2D eigenvalue weighted by Crippen LogP contribution is 2.09. The summed E-state index contributed by atoms with van der Waals surface area (Å²) in [6.07, 6.45) is 4.61. The Balaban J connectivity index is 3.01. The molecule has 1 rings (SSSR count). The highest BCUT2D eigenvalue weighted by atomic mass is 35.5. The maximum atomic E-state index is 10.5. The number of allylic oxidation sites excluding steroid dienone is 1. The molecule has 0 radical (unpaired) electrons. The number of alkyl halides is 1. The summed E-state index contributed by atoms with van der Waals surface area (Å²) in [5.74, 6) is 0.490. The van der Waals surface area contributed by atoms with Gasteiger partial charge in [-0.25, -0.2) is 0 Å².